The summed E-state index contributed by atoms with van der Waals surface area (Å²) in [5.74, 6) is -1.11. The molecule has 0 fully saturated rings. The summed E-state index contributed by atoms with van der Waals surface area (Å²) >= 11 is 0. The van der Waals surface area contributed by atoms with Gasteiger partial charge in [-0.25, -0.2) is 0 Å². The highest BCUT2D eigenvalue weighted by Gasteiger charge is 2.11. The van der Waals surface area contributed by atoms with Crippen LogP contribution in [0.2, 0.25) is 0 Å². The third-order valence-electron chi connectivity index (χ3n) is 3.15. The van der Waals surface area contributed by atoms with Crippen LogP contribution in [0.5, 0.6) is 0 Å². The number of aryl methyl sites for hydroxylation is 1. The number of rotatable bonds is 4. The average Bonchev–Trinajstić information content (AvgIpc) is 2.69. The van der Waals surface area contributed by atoms with Gasteiger partial charge in [-0.3, -0.25) is 9.59 Å². The molecule has 0 spiro atoms. The van der Waals surface area contributed by atoms with Gasteiger partial charge in [-0.1, -0.05) is 12.1 Å². The molecule has 0 saturated carbocycles. The molecule has 0 aliphatic heterocycles. The fraction of sp³-hybridized carbons (Fsp3) is 0.200. The third-order valence-corrected chi connectivity index (χ3v) is 3.15. The van der Waals surface area contributed by atoms with Crippen LogP contribution in [0, 0.1) is 6.92 Å². The van der Waals surface area contributed by atoms with E-state index in [0.717, 1.165) is 5.69 Å². The monoisotopic (exact) mass is 272 g/mol. The topological polar surface area (TPSA) is 71.3 Å². The van der Waals surface area contributed by atoms with Crippen molar-refractivity contribution >= 4 is 17.6 Å². The van der Waals surface area contributed by atoms with E-state index in [1.54, 1.807) is 34.9 Å². The number of aliphatic carboxylic acids is 1. The van der Waals surface area contributed by atoms with Crippen LogP contribution < -0.4 is 5.32 Å². The molecule has 0 unspecified atom stereocenters. The van der Waals surface area contributed by atoms with Crippen LogP contribution in [0.15, 0.2) is 36.4 Å². The second kappa shape index (κ2) is 5.61. The number of benzene rings is 1. The zero-order valence-corrected chi connectivity index (χ0v) is 11.4. The molecule has 104 valence electrons. The lowest BCUT2D eigenvalue weighted by molar-refractivity contribution is -0.136. The molecule has 0 bridgehead atoms. The predicted molar refractivity (Wildman–Crippen MR) is 75.9 cm³/mol. The Kier molecular flexibility index (Phi) is 3.89. The first-order chi connectivity index (χ1) is 9.47. The van der Waals surface area contributed by atoms with Gasteiger partial charge in [0.1, 0.15) is 5.69 Å². The van der Waals surface area contributed by atoms with E-state index in [0.29, 0.717) is 16.9 Å². The highest BCUT2D eigenvalue weighted by atomic mass is 16.4. The Hall–Kier alpha value is -2.56. The van der Waals surface area contributed by atoms with E-state index in [9.17, 15) is 9.59 Å². The predicted octanol–water partition coefficient (Wildman–Crippen LogP) is 2.21. The molecule has 5 nitrogen and oxygen atoms in total. The van der Waals surface area contributed by atoms with Gasteiger partial charge < -0.3 is 15.0 Å². The summed E-state index contributed by atoms with van der Waals surface area (Å²) in [5.41, 5.74) is 2.80. The normalized spacial score (nSPS) is 10.3. The Labute approximate surface area is 116 Å². The van der Waals surface area contributed by atoms with Crippen molar-refractivity contribution < 1.29 is 14.7 Å². The number of anilines is 1. The van der Waals surface area contributed by atoms with Gasteiger partial charge in [-0.15, -0.1) is 0 Å². The molecule has 2 N–H and O–H groups in total. The van der Waals surface area contributed by atoms with E-state index >= 15 is 0 Å². The Morgan fingerprint density at radius 2 is 2.00 bits per heavy atom. The van der Waals surface area contributed by atoms with Crippen LogP contribution in [0.4, 0.5) is 5.69 Å². The van der Waals surface area contributed by atoms with Crippen molar-refractivity contribution in [3.05, 3.63) is 53.3 Å². The number of hydrogen-bond donors (Lipinski definition) is 2. The molecule has 1 amide bonds. The lowest BCUT2D eigenvalue weighted by atomic mass is 10.1. The molecule has 2 rings (SSSR count). The first kappa shape index (κ1) is 13.9. The largest absolute Gasteiger partial charge is 0.481 e. The zero-order chi connectivity index (χ0) is 14.7. The molecular weight excluding hydrogens is 256 g/mol. The van der Waals surface area contributed by atoms with E-state index < -0.39 is 5.97 Å². The first-order valence-electron chi connectivity index (χ1n) is 6.22. The SMILES string of the molecule is Cc1ccc(C(=O)Nc2cccc(CC(=O)O)c2)n1C. The number of carbonyl (C=O) groups is 2. The van der Waals surface area contributed by atoms with Gasteiger partial charge in [-0.05, 0) is 36.8 Å². The van der Waals surface area contributed by atoms with E-state index in [-0.39, 0.29) is 12.3 Å². The molecule has 20 heavy (non-hydrogen) atoms. The minimum Gasteiger partial charge on any atom is -0.481 e. The molecule has 2 aromatic rings. The molecule has 1 aromatic carbocycles. The van der Waals surface area contributed by atoms with Crippen LogP contribution in [0.25, 0.3) is 0 Å². The van der Waals surface area contributed by atoms with Gasteiger partial charge in [0.15, 0.2) is 0 Å². The summed E-state index contributed by atoms with van der Waals surface area (Å²) in [5, 5.41) is 11.5. The molecule has 1 aromatic heterocycles. The highest BCUT2D eigenvalue weighted by Crippen LogP contribution is 2.14. The average molecular weight is 272 g/mol. The number of aromatic nitrogens is 1. The van der Waals surface area contributed by atoms with Gasteiger partial charge >= 0.3 is 5.97 Å². The third kappa shape index (κ3) is 3.06. The first-order valence-corrected chi connectivity index (χ1v) is 6.22. The molecular formula is C15H16N2O3. The number of carboxylic acid groups (broad SMARTS) is 1. The Bertz CT molecular complexity index is 659. The van der Waals surface area contributed by atoms with Crippen molar-refractivity contribution in [1.82, 2.24) is 4.57 Å². The zero-order valence-electron chi connectivity index (χ0n) is 11.4. The molecule has 0 aliphatic rings. The number of amides is 1. The maximum Gasteiger partial charge on any atom is 0.307 e. The van der Waals surface area contributed by atoms with E-state index in [1.165, 1.54) is 0 Å². The van der Waals surface area contributed by atoms with Crippen molar-refractivity contribution in [3.8, 4) is 0 Å². The number of carbonyl (C=O) groups excluding carboxylic acids is 1. The number of carboxylic acids is 1. The molecule has 0 aliphatic carbocycles. The van der Waals surface area contributed by atoms with Crippen LogP contribution in [-0.2, 0) is 18.3 Å². The fourth-order valence-corrected chi connectivity index (χ4v) is 1.97. The number of nitrogens with zero attached hydrogens (tertiary/aromatic N) is 1. The summed E-state index contributed by atoms with van der Waals surface area (Å²) in [6.45, 7) is 1.92. The molecule has 0 atom stereocenters. The van der Waals surface area contributed by atoms with Crippen LogP contribution in [0.1, 0.15) is 21.7 Å². The van der Waals surface area contributed by atoms with Gasteiger partial charge in [-0.2, -0.15) is 0 Å². The Morgan fingerprint density at radius 3 is 2.60 bits per heavy atom. The fourth-order valence-electron chi connectivity index (χ4n) is 1.97. The summed E-state index contributed by atoms with van der Waals surface area (Å²) in [7, 11) is 1.82. The minimum absolute atomic E-state index is 0.0625. The van der Waals surface area contributed by atoms with Gasteiger partial charge in [0.05, 0.1) is 6.42 Å². The molecule has 1 heterocycles. The summed E-state index contributed by atoms with van der Waals surface area (Å²) in [6, 6.07) is 10.5. The molecule has 0 saturated heterocycles. The molecule has 0 radical (unpaired) electrons. The number of hydrogen-bond acceptors (Lipinski definition) is 2. The lowest BCUT2D eigenvalue weighted by Crippen LogP contribution is -2.16. The smallest absolute Gasteiger partial charge is 0.307 e. The van der Waals surface area contributed by atoms with E-state index in [1.807, 2.05) is 20.0 Å². The van der Waals surface area contributed by atoms with Crippen LogP contribution in [-0.4, -0.2) is 21.6 Å². The van der Waals surface area contributed by atoms with Crippen molar-refractivity contribution in [2.75, 3.05) is 5.32 Å². The maximum atomic E-state index is 12.1. The second-order valence-electron chi connectivity index (χ2n) is 4.64. The van der Waals surface area contributed by atoms with Gasteiger partial charge in [0.25, 0.3) is 5.91 Å². The second-order valence-corrected chi connectivity index (χ2v) is 4.64. The van der Waals surface area contributed by atoms with E-state index in [2.05, 4.69) is 5.32 Å². The summed E-state index contributed by atoms with van der Waals surface area (Å²) in [4.78, 5) is 22.8. The van der Waals surface area contributed by atoms with Gasteiger partial charge in [0.2, 0.25) is 0 Å². The van der Waals surface area contributed by atoms with Crippen molar-refractivity contribution in [1.29, 1.82) is 0 Å². The number of nitrogens with one attached hydrogen (secondary N) is 1. The Morgan fingerprint density at radius 1 is 1.25 bits per heavy atom. The van der Waals surface area contributed by atoms with Crippen LogP contribution in [0.3, 0.4) is 0 Å². The summed E-state index contributed by atoms with van der Waals surface area (Å²) in [6.07, 6.45) is -0.0625. The molecule has 5 heteroatoms. The van der Waals surface area contributed by atoms with Crippen molar-refractivity contribution in [2.45, 2.75) is 13.3 Å². The van der Waals surface area contributed by atoms with E-state index in [4.69, 9.17) is 5.11 Å². The summed E-state index contributed by atoms with van der Waals surface area (Å²) < 4.78 is 1.80. The standard InChI is InChI=1S/C15H16N2O3/c1-10-6-7-13(17(10)2)15(20)16-12-5-3-4-11(8-12)9-14(18)19/h3-8H,9H2,1-2H3,(H,16,20)(H,18,19). The van der Waals surface area contributed by atoms with Gasteiger partial charge in [0, 0.05) is 18.4 Å². The minimum atomic E-state index is -0.897. The van der Waals surface area contributed by atoms with Crippen molar-refractivity contribution in [3.63, 3.8) is 0 Å². The maximum absolute atomic E-state index is 12.1. The highest BCUT2D eigenvalue weighted by molar-refractivity contribution is 6.03. The van der Waals surface area contributed by atoms with Crippen LogP contribution >= 0.6 is 0 Å². The lowest BCUT2D eigenvalue weighted by Gasteiger charge is -2.08. The Balaban J connectivity index is 2.15. The van der Waals surface area contributed by atoms with Crippen molar-refractivity contribution in [2.24, 2.45) is 7.05 Å². The quantitative estimate of drug-likeness (QED) is 0.896.